The van der Waals surface area contributed by atoms with Crippen LogP contribution in [0.15, 0.2) is 104 Å². The van der Waals surface area contributed by atoms with E-state index in [1.54, 1.807) is 18.5 Å². The molecule has 2 heterocycles. The van der Waals surface area contributed by atoms with Gasteiger partial charge in [-0.3, -0.25) is 5.10 Å². The fourth-order valence-corrected chi connectivity index (χ4v) is 2.98. The van der Waals surface area contributed by atoms with Crippen molar-refractivity contribution in [3.8, 4) is 22.5 Å². The molecule has 4 rings (SSSR count). The van der Waals surface area contributed by atoms with Gasteiger partial charge in [0.25, 0.3) is 0 Å². The van der Waals surface area contributed by atoms with Crippen molar-refractivity contribution in [3.05, 3.63) is 103 Å². The van der Waals surface area contributed by atoms with Crippen LogP contribution in [0.25, 0.3) is 22.5 Å². The standard InChI is InChI=1S/C12H11N3S.C9H7N3S.C3H5Br/c1-2-8-16-12-14-11(9-13-15-12)10-6-4-3-5-7-10;13-9-11-8(6-10-12-9)7-4-2-1-3-5-7;1-2-3-4/h2-7,9H,1,8H2;1-6H,(H,11,12,13);2H,1,3H2. The number of nitrogens with zero attached hydrogens (tertiary/aromatic N) is 5. The number of alkyl halides is 1. The van der Waals surface area contributed by atoms with E-state index in [1.165, 1.54) is 11.8 Å². The first-order valence-corrected chi connectivity index (χ1v) is 12.3. The van der Waals surface area contributed by atoms with Crippen molar-refractivity contribution in [2.45, 2.75) is 5.16 Å². The lowest BCUT2D eigenvalue weighted by Gasteiger charge is -2.01. The van der Waals surface area contributed by atoms with E-state index in [0.717, 1.165) is 33.6 Å². The molecule has 0 fully saturated rings. The molecule has 6 nitrogen and oxygen atoms in total. The minimum absolute atomic E-state index is 0.404. The van der Waals surface area contributed by atoms with E-state index >= 15 is 0 Å². The monoisotopic (exact) mass is 538 g/mol. The topological polar surface area (TPSA) is 80.2 Å². The molecule has 0 saturated carbocycles. The zero-order valence-electron chi connectivity index (χ0n) is 17.8. The molecule has 0 unspecified atom stereocenters. The Bertz CT molecular complexity index is 1170. The van der Waals surface area contributed by atoms with E-state index < -0.39 is 0 Å². The Hall–Kier alpha value is -3.01. The number of nitrogens with one attached hydrogen (secondary N) is 1. The van der Waals surface area contributed by atoms with Crippen molar-refractivity contribution >= 4 is 39.9 Å². The third-order valence-electron chi connectivity index (χ3n) is 3.69. The molecule has 0 spiro atoms. The van der Waals surface area contributed by atoms with Crippen molar-refractivity contribution in [1.82, 2.24) is 30.4 Å². The van der Waals surface area contributed by atoms with Crippen LogP contribution in [0.4, 0.5) is 0 Å². The van der Waals surface area contributed by atoms with Gasteiger partial charge in [-0.1, -0.05) is 101 Å². The second kappa shape index (κ2) is 15.7. The number of hydrogen-bond donors (Lipinski definition) is 1. The lowest BCUT2D eigenvalue weighted by molar-refractivity contribution is 0.845. The third-order valence-corrected chi connectivity index (χ3v) is 5.16. The number of aromatic nitrogens is 6. The average molecular weight is 540 g/mol. The van der Waals surface area contributed by atoms with Gasteiger partial charge >= 0.3 is 0 Å². The molecule has 168 valence electrons. The lowest BCUT2D eigenvalue weighted by Crippen LogP contribution is -1.93. The number of rotatable bonds is 6. The molecular formula is C24H23BrN6S2. The number of aromatic amines is 1. The van der Waals surface area contributed by atoms with Crippen LogP contribution in [0.1, 0.15) is 0 Å². The summed E-state index contributed by atoms with van der Waals surface area (Å²) in [5, 5.41) is 15.9. The minimum Gasteiger partial charge on any atom is -0.252 e. The fraction of sp³-hybridized carbons (Fsp3) is 0.0833. The number of H-pyrrole nitrogens is 1. The van der Waals surface area contributed by atoms with Gasteiger partial charge in [-0.05, 0) is 12.2 Å². The van der Waals surface area contributed by atoms with Gasteiger partial charge < -0.3 is 0 Å². The van der Waals surface area contributed by atoms with Crippen LogP contribution in [0.3, 0.4) is 0 Å². The summed E-state index contributed by atoms with van der Waals surface area (Å²) < 4.78 is 0.404. The van der Waals surface area contributed by atoms with Crippen LogP contribution in [0, 0.1) is 4.77 Å². The molecule has 2 aromatic heterocycles. The van der Waals surface area contributed by atoms with Crippen LogP contribution >= 0.6 is 39.9 Å². The van der Waals surface area contributed by atoms with Gasteiger partial charge in [0.2, 0.25) is 9.93 Å². The third kappa shape index (κ3) is 9.98. The molecular weight excluding hydrogens is 516 g/mol. The maximum Gasteiger partial charge on any atom is 0.214 e. The van der Waals surface area contributed by atoms with Crippen LogP contribution in [0.2, 0.25) is 0 Å². The summed E-state index contributed by atoms with van der Waals surface area (Å²) in [7, 11) is 0. The van der Waals surface area contributed by atoms with E-state index in [2.05, 4.69) is 59.5 Å². The summed E-state index contributed by atoms with van der Waals surface area (Å²) in [5.41, 5.74) is 3.72. The summed E-state index contributed by atoms with van der Waals surface area (Å²) in [4.78, 5) is 8.56. The molecule has 0 bridgehead atoms. The SMILES string of the molecule is C=CCBr.C=CCSc1nncc(-c2ccccc2)n1.S=c1nc(-c2ccccc2)cn[nH]1. The Balaban J connectivity index is 0.000000204. The average Bonchev–Trinajstić information content (AvgIpc) is 2.89. The summed E-state index contributed by atoms with van der Waals surface area (Å²) >= 11 is 9.53. The zero-order chi connectivity index (χ0) is 23.7. The molecule has 33 heavy (non-hydrogen) atoms. The number of halogens is 1. The van der Waals surface area contributed by atoms with Crippen molar-refractivity contribution in [3.63, 3.8) is 0 Å². The van der Waals surface area contributed by atoms with Gasteiger partial charge in [-0.15, -0.1) is 18.3 Å². The minimum atomic E-state index is 0.404. The van der Waals surface area contributed by atoms with Gasteiger partial charge in [0.05, 0.1) is 23.8 Å². The molecule has 0 atom stereocenters. The Labute approximate surface area is 211 Å². The van der Waals surface area contributed by atoms with Crippen molar-refractivity contribution in [2.24, 2.45) is 0 Å². The van der Waals surface area contributed by atoms with E-state index in [9.17, 15) is 0 Å². The predicted molar refractivity (Wildman–Crippen MR) is 143 cm³/mol. The smallest absolute Gasteiger partial charge is 0.214 e. The van der Waals surface area contributed by atoms with Gasteiger partial charge in [0, 0.05) is 22.2 Å². The van der Waals surface area contributed by atoms with E-state index in [1.807, 2.05) is 66.7 Å². The molecule has 0 aliphatic carbocycles. The van der Waals surface area contributed by atoms with Crippen LogP contribution in [-0.4, -0.2) is 41.4 Å². The van der Waals surface area contributed by atoms with Crippen molar-refractivity contribution in [2.75, 3.05) is 11.1 Å². The van der Waals surface area contributed by atoms with Crippen LogP contribution in [0.5, 0.6) is 0 Å². The maximum atomic E-state index is 4.87. The Morgan fingerprint density at radius 1 is 0.879 bits per heavy atom. The number of hydrogen-bond acceptors (Lipinski definition) is 7. The molecule has 9 heteroatoms. The van der Waals surface area contributed by atoms with Crippen LogP contribution < -0.4 is 0 Å². The molecule has 0 radical (unpaired) electrons. The summed E-state index contributed by atoms with van der Waals surface area (Å²) in [6.07, 6.45) is 6.95. The molecule has 1 N–H and O–H groups in total. The summed E-state index contributed by atoms with van der Waals surface area (Å²) in [6, 6.07) is 19.8. The molecule has 0 aliphatic rings. The molecule has 0 aliphatic heterocycles. The van der Waals surface area contributed by atoms with Crippen molar-refractivity contribution < 1.29 is 0 Å². The maximum absolute atomic E-state index is 4.87. The summed E-state index contributed by atoms with van der Waals surface area (Å²) in [6.45, 7) is 7.09. The Morgan fingerprint density at radius 3 is 1.97 bits per heavy atom. The quantitative estimate of drug-likeness (QED) is 0.128. The molecule has 2 aromatic carbocycles. The second-order valence-electron chi connectivity index (χ2n) is 6.07. The van der Waals surface area contributed by atoms with Gasteiger partial charge in [0.15, 0.2) is 0 Å². The normalized spacial score (nSPS) is 9.48. The van der Waals surface area contributed by atoms with Crippen molar-refractivity contribution in [1.29, 1.82) is 0 Å². The van der Waals surface area contributed by atoms with Gasteiger partial charge in [-0.2, -0.15) is 10.2 Å². The molecule has 4 aromatic rings. The first-order chi connectivity index (χ1) is 16.2. The first-order valence-electron chi connectivity index (χ1n) is 9.80. The van der Waals surface area contributed by atoms with E-state index in [-0.39, 0.29) is 0 Å². The van der Waals surface area contributed by atoms with Gasteiger partial charge in [0.1, 0.15) is 0 Å². The van der Waals surface area contributed by atoms with Crippen LogP contribution in [-0.2, 0) is 0 Å². The number of thioether (sulfide) groups is 1. The fourth-order valence-electron chi connectivity index (χ4n) is 2.29. The van der Waals surface area contributed by atoms with Gasteiger partial charge in [-0.25, -0.2) is 9.97 Å². The number of benzene rings is 2. The second-order valence-corrected chi connectivity index (χ2v) is 8.09. The highest BCUT2D eigenvalue weighted by molar-refractivity contribution is 9.09. The highest BCUT2D eigenvalue weighted by Crippen LogP contribution is 2.18. The Kier molecular flexibility index (Phi) is 12.5. The first kappa shape index (κ1) is 26.2. The van der Waals surface area contributed by atoms with E-state index in [4.69, 9.17) is 12.2 Å². The highest BCUT2D eigenvalue weighted by Gasteiger charge is 2.02. The largest absolute Gasteiger partial charge is 0.252 e. The molecule has 0 amide bonds. The molecule has 0 saturated heterocycles. The zero-order valence-corrected chi connectivity index (χ0v) is 21.1. The predicted octanol–water partition coefficient (Wildman–Crippen LogP) is 6.59. The highest BCUT2D eigenvalue weighted by atomic mass is 79.9. The summed E-state index contributed by atoms with van der Waals surface area (Å²) in [5.74, 6) is 0.792. The Morgan fingerprint density at radius 2 is 1.45 bits per heavy atom. The lowest BCUT2D eigenvalue weighted by atomic mass is 10.2. The van der Waals surface area contributed by atoms with E-state index in [0.29, 0.717) is 9.93 Å². The number of allylic oxidation sites excluding steroid dienone is 1.